The number of aromatic nitrogens is 1. The largest absolute Gasteiger partial charge is 0.493 e. The summed E-state index contributed by atoms with van der Waals surface area (Å²) in [7, 11) is 3.13. The average molecular weight is 338 g/mol. The molecule has 0 aliphatic heterocycles. The molecule has 3 rings (SSSR count). The lowest BCUT2D eigenvalue weighted by atomic mass is 10.1. The molecule has 0 saturated carbocycles. The second-order valence-electron chi connectivity index (χ2n) is 5.47. The first-order valence-corrected chi connectivity index (χ1v) is 7.68. The van der Waals surface area contributed by atoms with Crippen LogP contribution in [0.5, 0.6) is 11.5 Å². The minimum absolute atomic E-state index is 0.199. The molecular formula is C19H18N2O4. The summed E-state index contributed by atoms with van der Waals surface area (Å²) in [5.41, 5.74) is 2.76. The van der Waals surface area contributed by atoms with Crippen molar-refractivity contribution < 1.29 is 18.8 Å². The maximum Gasteiger partial charge on any atom is 0.277 e. The number of anilines is 1. The Kier molecular flexibility index (Phi) is 4.70. The smallest absolute Gasteiger partial charge is 0.277 e. The highest BCUT2D eigenvalue weighted by Crippen LogP contribution is 2.32. The van der Waals surface area contributed by atoms with E-state index in [1.54, 1.807) is 32.4 Å². The van der Waals surface area contributed by atoms with Gasteiger partial charge < -0.3 is 19.3 Å². The van der Waals surface area contributed by atoms with Gasteiger partial charge in [-0.25, -0.2) is 0 Å². The molecule has 0 aliphatic carbocycles. The predicted molar refractivity (Wildman–Crippen MR) is 94.2 cm³/mol. The highest BCUT2D eigenvalue weighted by molar-refractivity contribution is 6.03. The van der Waals surface area contributed by atoms with E-state index in [0.717, 1.165) is 11.1 Å². The van der Waals surface area contributed by atoms with Crippen LogP contribution in [0.15, 0.2) is 53.1 Å². The van der Waals surface area contributed by atoms with E-state index in [9.17, 15) is 4.79 Å². The van der Waals surface area contributed by atoms with Gasteiger partial charge in [-0.15, -0.1) is 0 Å². The number of ether oxygens (including phenoxy) is 2. The Bertz CT molecular complexity index is 885. The first-order valence-electron chi connectivity index (χ1n) is 7.68. The minimum atomic E-state index is -0.334. The van der Waals surface area contributed by atoms with Gasteiger partial charge in [0.15, 0.2) is 23.0 Å². The fraction of sp³-hybridized carbons (Fsp3) is 0.158. The Morgan fingerprint density at radius 3 is 2.40 bits per heavy atom. The zero-order valence-electron chi connectivity index (χ0n) is 14.2. The molecule has 0 saturated heterocycles. The van der Waals surface area contributed by atoms with Crippen LogP contribution < -0.4 is 14.8 Å². The molecule has 0 spiro atoms. The summed E-state index contributed by atoms with van der Waals surface area (Å²) in [5.74, 6) is 1.32. The van der Waals surface area contributed by atoms with Gasteiger partial charge in [-0.05, 0) is 37.3 Å². The van der Waals surface area contributed by atoms with Crippen LogP contribution in [0.3, 0.4) is 0 Å². The SMILES string of the molecule is COc1ccc(-c2cc(C(=O)Nc3ccc(C)cc3)no2)cc1OC. The van der Waals surface area contributed by atoms with Crippen molar-refractivity contribution in [3.05, 3.63) is 59.8 Å². The topological polar surface area (TPSA) is 73.6 Å². The molecule has 1 amide bonds. The number of hydrogen-bond donors (Lipinski definition) is 1. The van der Waals surface area contributed by atoms with Crippen LogP contribution in [0, 0.1) is 6.92 Å². The van der Waals surface area contributed by atoms with E-state index in [0.29, 0.717) is 22.9 Å². The van der Waals surface area contributed by atoms with Crippen LogP contribution in [0.25, 0.3) is 11.3 Å². The monoisotopic (exact) mass is 338 g/mol. The molecule has 1 heterocycles. The predicted octanol–water partition coefficient (Wildman–Crippen LogP) is 3.92. The molecule has 128 valence electrons. The maximum atomic E-state index is 12.3. The number of carbonyl (C=O) groups excluding carboxylic acids is 1. The van der Waals surface area contributed by atoms with Gasteiger partial charge in [0.2, 0.25) is 0 Å². The Morgan fingerprint density at radius 2 is 1.72 bits per heavy atom. The van der Waals surface area contributed by atoms with Crippen molar-refractivity contribution in [1.82, 2.24) is 5.16 Å². The zero-order valence-corrected chi connectivity index (χ0v) is 14.2. The van der Waals surface area contributed by atoms with Gasteiger partial charge in [0, 0.05) is 17.3 Å². The molecule has 0 fully saturated rings. The lowest BCUT2D eigenvalue weighted by molar-refractivity contribution is 0.101. The molecule has 6 heteroatoms. The molecule has 0 bridgehead atoms. The van der Waals surface area contributed by atoms with Crippen molar-refractivity contribution in [2.45, 2.75) is 6.92 Å². The molecular weight excluding hydrogens is 320 g/mol. The number of rotatable bonds is 5. The molecule has 0 radical (unpaired) electrons. The molecule has 0 aliphatic rings. The minimum Gasteiger partial charge on any atom is -0.493 e. The lowest BCUT2D eigenvalue weighted by Gasteiger charge is -2.07. The van der Waals surface area contributed by atoms with E-state index in [1.165, 1.54) is 0 Å². The second kappa shape index (κ2) is 7.09. The van der Waals surface area contributed by atoms with E-state index in [-0.39, 0.29) is 11.6 Å². The number of hydrogen-bond acceptors (Lipinski definition) is 5. The molecule has 0 atom stereocenters. The summed E-state index contributed by atoms with van der Waals surface area (Å²) in [4.78, 5) is 12.3. The van der Waals surface area contributed by atoms with Crippen molar-refractivity contribution in [2.24, 2.45) is 0 Å². The third-order valence-electron chi connectivity index (χ3n) is 3.72. The van der Waals surface area contributed by atoms with Crippen LogP contribution in [-0.2, 0) is 0 Å². The van der Waals surface area contributed by atoms with Gasteiger partial charge in [-0.1, -0.05) is 22.9 Å². The van der Waals surface area contributed by atoms with Gasteiger partial charge >= 0.3 is 0 Å². The van der Waals surface area contributed by atoms with Crippen LogP contribution in [-0.4, -0.2) is 25.3 Å². The second-order valence-corrected chi connectivity index (χ2v) is 5.47. The van der Waals surface area contributed by atoms with Crippen LogP contribution in [0.4, 0.5) is 5.69 Å². The lowest BCUT2D eigenvalue weighted by Crippen LogP contribution is -2.11. The quantitative estimate of drug-likeness (QED) is 0.763. The average Bonchev–Trinajstić information content (AvgIpc) is 3.13. The Morgan fingerprint density at radius 1 is 1.00 bits per heavy atom. The fourth-order valence-electron chi connectivity index (χ4n) is 2.34. The van der Waals surface area contributed by atoms with Crippen molar-refractivity contribution >= 4 is 11.6 Å². The first kappa shape index (κ1) is 16.6. The number of methoxy groups -OCH3 is 2. The summed E-state index contributed by atoms with van der Waals surface area (Å²) in [5, 5.41) is 6.63. The molecule has 3 aromatic rings. The number of nitrogens with one attached hydrogen (secondary N) is 1. The third kappa shape index (κ3) is 3.63. The Balaban J connectivity index is 1.80. The van der Waals surface area contributed by atoms with Gasteiger partial charge in [-0.2, -0.15) is 0 Å². The van der Waals surface area contributed by atoms with Crippen molar-refractivity contribution in [3.8, 4) is 22.8 Å². The van der Waals surface area contributed by atoms with Crippen LogP contribution >= 0.6 is 0 Å². The first-order chi connectivity index (χ1) is 12.1. The number of amides is 1. The summed E-state index contributed by atoms with van der Waals surface area (Å²) < 4.78 is 15.8. The van der Waals surface area contributed by atoms with Gasteiger partial charge in [-0.3, -0.25) is 4.79 Å². The Labute approximate surface area is 145 Å². The van der Waals surface area contributed by atoms with E-state index in [4.69, 9.17) is 14.0 Å². The van der Waals surface area contributed by atoms with Crippen LogP contribution in [0.2, 0.25) is 0 Å². The highest BCUT2D eigenvalue weighted by Gasteiger charge is 2.15. The van der Waals surface area contributed by atoms with Gasteiger partial charge in [0.1, 0.15) is 0 Å². The summed E-state index contributed by atoms with van der Waals surface area (Å²) in [6.07, 6.45) is 0. The molecule has 1 N–H and O–H groups in total. The number of carbonyl (C=O) groups is 1. The summed E-state index contributed by atoms with van der Waals surface area (Å²) in [6.45, 7) is 1.98. The van der Waals surface area contributed by atoms with Crippen molar-refractivity contribution in [1.29, 1.82) is 0 Å². The van der Waals surface area contributed by atoms with Gasteiger partial charge in [0.25, 0.3) is 5.91 Å². The number of nitrogens with zero attached hydrogens (tertiary/aromatic N) is 1. The Hall–Kier alpha value is -3.28. The summed E-state index contributed by atoms with van der Waals surface area (Å²) in [6, 6.07) is 14.4. The van der Waals surface area contributed by atoms with Crippen molar-refractivity contribution in [2.75, 3.05) is 19.5 Å². The number of benzene rings is 2. The highest BCUT2D eigenvalue weighted by atomic mass is 16.5. The molecule has 6 nitrogen and oxygen atoms in total. The van der Waals surface area contributed by atoms with E-state index in [2.05, 4.69) is 10.5 Å². The van der Waals surface area contributed by atoms with Crippen LogP contribution in [0.1, 0.15) is 16.1 Å². The molecule has 25 heavy (non-hydrogen) atoms. The molecule has 1 aromatic heterocycles. The molecule has 2 aromatic carbocycles. The van der Waals surface area contributed by atoms with Crippen molar-refractivity contribution in [3.63, 3.8) is 0 Å². The maximum absolute atomic E-state index is 12.3. The molecule has 0 unspecified atom stereocenters. The standard InChI is InChI=1S/C19H18N2O4/c1-12-4-7-14(8-5-12)20-19(22)15-11-17(25-21-15)13-6-9-16(23-2)18(10-13)24-3/h4-11H,1-3H3,(H,20,22). The zero-order chi connectivity index (χ0) is 17.8. The summed E-state index contributed by atoms with van der Waals surface area (Å²) >= 11 is 0. The van der Waals surface area contributed by atoms with E-state index < -0.39 is 0 Å². The van der Waals surface area contributed by atoms with E-state index in [1.807, 2.05) is 37.3 Å². The normalized spacial score (nSPS) is 10.4. The van der Waals surface area contributed by atoms with Gasteiger partial charge in [0.05, 0.1) is 14.2 Å². The van der Waals surface area contributed by atoms with E-state index >= 15 is 0 Å². The fourth-order valence-corrected chi connectivity index (χ4v) is 2.34. The number of aryl methyl sites for hydroxylation is 1. The third-order valence-corrected chi connectivity index (χ3v) is 3.72.